The van der Waals surface area contributed by atoms with Crippen LogP contribution in [0.25, 0.3) is 16.6 Å². The van der Waals surface area contributed by atoms with E-state index >= 15 is 0 Å². The summed E-state index contributed by atoms with van der Waals surface area (Å²) in [5, 5.41) is 3.75. The molecule has 6 rings (SSSR count). The molecule has 1 fully saturated rings. The number of nitrogens with zero attached hydrogens (tertiary/aromatic N) is 2. The zero-order valence-electron chi connectivity index (χ0n) is 16.4. The van der Waals surface area contributed by atoms with Crippen LogP contribution in [0.3, 0.4) is 0 Å². The van der Waals surface area contributed by atoms with Crippen molar-refractivity contribution in [2.75, 3.05) is 0 Å². The summed E-state index contributed by atoms with van der Waals surface area (Å²) in [6, 6.07) is 17.5. The van der Waals surface area contributed by atoms with E-state index in [1.165, 1.54) is 23.1 Å². The summed E-state index contributed by atoms with van der Waals surface area (Å²) in [5.74, 6) is -1.45. The fourth-order valence-electron chi connectivity index (χ4n) is 4.75. The lowest BCUT2D eigenvalue weighted by atomic mass is 9.83. The Morgan fingerprint density at radius 2 is 1.68 bits per heavy atom. The molecule has 0 unspecified atom stereocenters. The molecule has 154 valence electrons. The molecule has 0 saturated carbocycles. The highest BCUT2D eigenvalue weighted by Crippen LogP contribution is 2.53. The number of benzene rings is 2. The molecule has 0 radical (unpaired) electrons. The number of thioether (sulfide) groups is 1. The van der Waals surface area contributed by atoms with E-state index in [0.29, 0.717) is 0 Å². The molecule has 2 aliphatic heterocycles. The summed E-state index contributed by atoms with van der Waals surface area (Å²) in [6.07, 6.45) is 2.03. The lowest BCUT2D eigenvalue weighted by molar-refractivity contribution is -0.125. The van der Waals surface area contributed by atoms with Gasteiger partial charge in [0, 0.05) is 34.9 Å². The van der Waals surface area contributed by atoms with Crippen LogP contribution < -0.4 is 10.2 Å². The van der Waals surface area contributed by atoms with E-state index < -0.39 is 11.2 Å². The van der Waals surface area contributed by atoms with Crippen molar-refractivity contribution in [1.82, 2.24) is 14.5 Å². The van der Waals surface area contributed by atoms with Gasteiger partial charge in [-0.2, -0.15) is 0 Å². The normalized spacial score (nSPS) is 22.4. The molecule has 1 saturated heterocycles. The van der Waals surface area contributed by atoms with Gasteiger partial charge in [-0.15, -0.1) is 0 Å². The van der Waals surface area contributed by atoms with E-state index in [9.17, 15) is 14.4 Å². The Balaban J connectivity index is 1.65. The van der Waals surface area contributed by atoms with Crippen molar-refractivity contribution in [2.24, 2.45) is 13.0 Å². The van der Waals surface area contributed by atoms with Crippen LogP contribution in [0.4, 0.5) is 0 Å². The van der Waals surface area contributed by atoms with Gasteiger partial charge in [-0.25, -0.2) is 0 Å². The third-order valence-electron chi connectivity index (χ3n) is 6.08. The standard InChI is InChI=1S/C23H17N3O3S2/c1-25-11-14(13-9-5-6-10-15(13)25)16-17-18(21(28)24-20(17)27)30-22-19(16)31-23(29)26(22)12-7-3-2-4-8-12/h2-11,16-18H,1H3,(H,24,27,28)/t16-,17-,18-/m0/s1. The molecule has 0 aliphatic carbocycles. The first-order valence-electron chi connectivity index (χ1n) is 9.91. The minimum atomic E-state index is -0.562. The summed E-state index contributed by atoms with van der Waals surface area (Å²) in [6.45, 7) is 0. The Kier molecular flexibility index (Phi) is 4.03. The molecule has 4 aromatic rings. The maximum atomic E-state index is 13.1. The number of aromatic nitrogens is 2. The van der Waals surface area contributed by atoms with Gasteiger partial charge in [0.1, 0.15) is 5.25 Å². The number of fused-ring (bicyclic) bond motifs is 3. The van der Waals surface area contributed by atoms with E-state index in [1.807, 2.05) is 72.4 Å². The largest absolute Gasteiger partial charge is 0.350 e. The van der Waals surface area contributed by atoms with Gasteiger partial charge in [0.05, 0.1) is 16.6 Å². The molecule has 2 aromatic carbocycles. The van der Waals surface area contributed by atoms with Crippen molar-refractivity contribution in [3.05, 3.63) is 80.9 Å². The summed E-state index contributed by atoms with van der Waals surface area (Å²) in [4.78, 5) is 39.4. The lowest BCUT2D eigenvalue weighted by Gasteiger charge is -2.30. The maximum absolute atomic E-state index is 13.1. The van der Waals surface area contributed by atoms with Gasteiger partial charge in [0.25, 0.3) is 0 Å². The van der Waals surface area contributed by atoms with Crippen LogP contribution in [0.1, 0.15) is 16.4 Å². The number of carbonyl (C=O) groups excluding carboxylic acids is 2. The van der Waals surface area contributed by atoms with Crippen molar-refractivity contribution in [3.8, 4) is 5.69 Å². The van der Waals surface area contributed by atoms with Crippen LogP contribution in [-0.4, -0.2) is 26.2 Å². The van der Waals surface area contributed by atoms with Crippen molar-refractivity contribution in [2.45, 2.75) is 16.2 Å². The first kappa shape index (κ1) is 18.7. The molecule has 1 N–H and O–H groups in total. The fraction of sp³-hybridized carbons (Fsp3) is 0.174. The number of amides is 2. The van der Waals surface area contributed by atoms with Crippen molar-refractivity contribution < 1.29 is 9.59 Å². The van der Waals surface area contributed by atoms with Crippen LogP contribution >= 0.6 is 23.1 Å². The molecule has 4 heterocycles. The number of nitrogens with one attached hydrogen (secondary N) is 1. The van der Waals surface area contributed by atoms with Gasteiger partial charge in [-0.3, -0.25) is 24.3 Å². The summed E-state index contributed by atoms with van der Waals surface area (Å²) < 4.78 is 3.71. The van der Waals surface area contributed by atoms with E-state index in [0.717, 1.165) is 32.1 Å². The first-order chi connectivity index (χ1) is 15.0. The first-order valence-corrected chi connectivity index (χ1v) is 11.6. The van der Waals surface area contributed by atoms with Gasteiger partial charge in [0.15, 0.2) is 0 Å². The third kappa shape index (κ3) is 2.61. The second-order valence-electron chi connectivity index (χ2n) is 7.82. The molecule has 0 bridgehead atoms. The van der Waals surface area contributed by atoms with Crippen LogP contribution in [-0.2, 0) is 16.6 Å². The topological polar surface area (TPSA) is 73.1 Å². The quantitative estimate of drug-likeness (QED) is 0.479. The van der Waals surface area contributed by atoms with E-state index in [1.54, 1.807) is 4.57 Å². The summed E-state index contributed by atoms with van der Waals surface area (Å²) in [5.41, 5.74) is 2.78. The van der Waals surface area contributed by atoms with Gasteiger partial charge >= 0.3 is 4.87 Å². The van der Waals surface area contributed by atoms with Crippen LogP contribution in [0.15, 0.2) is 70.6 Å². The summed E-state index contributed by atoms with van der Waals surface area (Å²) >= 11 is 2.50. The smallest absolute Gasteiger partial charge is 0.312 e. The predicted molar refractivity (Wildman–Crippen MR) is 121 cm³/mol. The van der Waals surface area contributed by atoms with Crippen LogP contribution in [0, 0.1) is 5.92 Å². The van der Waals surface area contributed by atoms with E-state index in [-0.39, 0.29) is 22.6 Å². The Morgan fingerprint density at radius 1 is 0.935 bits per heavy atom. The highest BCUT2D eigenvalue weighted by molar-refractivity contribution is 8.00. The molecular weight excluding hydrogens is 430 g/mol. The minimum absolute atomic E-state index is 0.109. The number of hydrogen-bond donors (Lipinski definition) is 1. The molecule has 6 nitrogen and oxygen atoms in total. The van der Waals surface area contributed by atoms with E-state index in [2.05, 4.69) is 5.32 Å². The third-order valence-corrected chi connectivity index (χ3v) is 8.63. The minimum Gasteiger partial charge on any atom is -0.350 e. The number of thiazole rings is 1. The lowest BCUT2D eigenvalue weighted by Crippen LogP contribution is -2.31. The second kappa shape index (κ2) is 6.70. The molecule has 2 amide bonds. The highest BCUT2D eigenvalue weighted by atomic mass is 32.2. The number of para-hydroxylation sites is 2. The Bertz CT molecular complexity index is 1430. The average molecular weight is 448 g/mol. The number of rotatable bonds is 2. The van der Waals surface area contributed by atoms with Gasteiger partial charge in [-0.1, -0.05) is 59.5 Å². The predicted octanol–water partition coefficient (Wildman–Crippen LogP) is 3.27. The summed E-state index contributed by atoms with van der Waals surface area (Å²) in [7, 11) is 1.97. The number of carbonyl (C=O) groups is 2. The van der Waals surface area contributed by atoms with Crippen molar-refractivity contribution in [3.63, 3.8) is 0 Å². The number of aryl methyl sites for hydroxylation is 1. The monoisotopic (exact) mass is 447 g/mol. The van der Waals surface area contributed by atoms with Gasteiger partial charge < -0.3 is 4.57 Å². The zero-order valence-corrected chi connectivity index (χ0v) is 18.1. The Morgan fingerprint density at radius 3 is 2.48 bits per heavy atom. The van der Waals surface area contributed by atoms with Crippen molar-refractivity contribution in [1.29, 1.82) is 0 Å². The molecule has 0 spiro atoms. The average Bonchev–Trinajstić information content (AvgIpc) is 3.38. The Hall–Kier alpha value is -3.10. The molecule has 3 atom stereocenters. The number of imide groups is 1. The fourth-order valence-corrected chi connectivity index (χ4v) is 7.50. The van der Waals surface area contributed by atoms with Gasteiger partial charge in [-0.05, 0) is 23.8 Å². The van der Waals surface area contributed by atoms with Crippen LogP contribution in [0.5, 0.6) is 0 Å². The zero-order chi connectivity index (χ0) is 21.3. The molecule has 31 heavy (non-hydrogen) atoms. The molecule has 2 aliphatic rings. The van der Waals surface area contributed by atoms with Crippen molar-refractivity contribution >= 4 is 45.8 Å². The molecular formula is C23H17N3O3S2. The number of hydrogen-bond acceptors (Lipinski definition) is 5. The second-order valence-corrected chi connectivity index (χ2v) is 9.94. The molecule has 2 aromatic heterocycles. The van der Waals surface area contributed by atoms with Gasteiger partial charge in [0.2, 0.25) is 11.8 Å². The SMILES string of the molecule is Cn1cc([C@@H]2c3sc(=O)n(-c4ccccc4)c3S[C@@H]3C(=O)NC(=O)[C@@H]23)c2ccccc21. The van der Waals surface area contributed by atoms with Crippen LogP contribution in [0.2, 0.25) is 0 Å². The molecule has 8 heteroatoms. The maximum Gasteiger partial charge on any atom is 0.312 e. The Labute approximate surface area is 185 Å². The highest BCUT2D eigenvalue weighted by Gasteiger charge is 2.53. The van der Waals surface area contributed by atoms with E-state index in [4.69, 9.17) is 0 Å².